The van der Waals surface area contributed by atoms with Crippen LogP contribution in [-0.4, -0.2) is 17.7 Å². The summed E-state index contributed by atoms with van der Waals surface area (Å²) < 4.78 is 5.00. The Morgan fingerprint density at radius 3 is 2.93 bits per heavy atom. The summed E-state index contributed by atoms with van der Waals surface area (Å²) in [5.41, 5.74) is 0.547. The van der Waals surface area contributed by atoms with Gasteiger partial charge < -0.3 is 9.84 Å². The first-order valence-corrected chi connectivity index (χ1v) is 4.93. The number of benzene rings is 1. The molecule has 0 aliphatic carbocycles. The summed E-state index contributed by atoms with van der Waals surface area (Å²) in [5.74, 6) is 0.110. The molecule has 15 heavy (non-hydrogen) atoms. The molecular weight excluding hydrogens is 192 g/mol. The SMILES string of the molecule is CC(C)COC(=O)Cc1c[c]ccc1O. The van der Waals surface area contributed by atoms with Crippen molar-refractivity contribution in [1.82, 2.24) is 0 Å². The fraction of sp³-hybridized carbons (Fsp3) is 0.417. The predicted octanol–water partition coefficient (Wildman–Crippen LogP) is 1.93. The normalized spacial score (nSPS) is 10.3. The van der Waals surface area contributed by atoms with Crippen molar-refractivity contribution in [3.8, 4) is 5.75 Å². The molecule has 3 nitrogen and oxygen atoms in total. The Kier molecular flexibility index (Phi) is 4.16. The van der Waals surface area contributed by atoms with Crippen LogP contribution in [0.25, 0.3) is 0 Å². The van der Waals surface area contributed by atoms with Gasteiger partial charge in [0.2, 0.25) is 0 Å². The maximum Gasteiger partial charge on any atom is 0.310 e. The fourth-order valence-electron chi connectivity index (χ4n) is 1.06. The summed E-state index contributed by atoms with van der Waals surface area (Å²) in [7, 11) is 0. The van der Waals surface area contributed by atoms with Crippen molar-refractivity contribution in [3.63, 3.8) is 0 Å². The number of phenolic OH excluding ortho intramolecular Hbond substituents is 1. The van der Waals surface area contributed by atoms with E-state index in [4.69, 9.17) is 4.74 Å². The zero-order valence-electron chi connectivity index (χ0n) is 8.99. The number of phenols is 1. The molecule has 81 valence electrons. The molecule has 1 N–H and O–H groups in total. The van der Waals surface area contributed by atoms with E-state index < -0.39 is 0 Å². The summed E-state index contributed by atoms with van der Waals surface area (Å²) >= 11 is 0. The number of hydrogen-bond donors (Lipinski definition) is 1. The van der Waals surface area contributed by atoms with Crippen LogP contribution >= 0.6 is 0 Å². The van der Waals surface area contributed by atoms with E-state index in [0.717, 1.165) is 0 Å². The second-order valence-corrected chi connectivity index (χ2v) is 3.81. The zero-order chi connectivity index (χ0) is 11.3. The standard InChI is InChI=1S/C12H15O3/c1-9(2)8-15-12(14)7-10-5-3-4-6-11(10)13/h4-6,9,13H,7-8H2,1-2H3. The van der Waals surface area contributed by atoms with Crippen molar-refractivity contribution in [2.75, 3.05) is 6.61 Å². The predicted molar refractivity (Wildman–Crippen MR) is 56.4 cm³/mol. The number of rotatable bonds is 4. The van der Waals surface area contributed by atoms with Crippen molar-refractivity contribution in [3.05, 3.63) is 29.8 Å². The molecule has 0 heterocycles. The summed E-state index contributed by atoms with van der Waals surface area (Å²) in [5, 5.41) is 9.41. The molecule has 1 radical (unpaired) electrons. The summed E-state index contributed by atoms with van der Waals surface area (Å²) in [4.78, 5) is 11.3. The van der Waals surface area contributed by atoms with E-state index >= 15 is 0 Å². The van der Waals surface area contributed by atoms with Crippen LogP contribution in [0, 0.1) is 12.0 Å². The first kappa shape index (κ1) is 11.6. The van der Waals surface area contributed by atoms with Gasteiger partial charge in [-0.05, 0) is 24.1 Å². The number of carbonyl (C=O) groups excluding carboxylic acids is 1. The third-order valence-electron chi connectivity index (χ3n) is 1.84. The Balaban J connectivity index is 2.48. The van der Waals surface area contributed by atoms with Crippen molar-refractivity contribution >= 4 is 5.97 Å². The first-order valence-electron chi connectivity index (χ1n) is 4.93. The number of carbonyl (C=O) groups is 1. The lowest BCUT2D eigenvalue weighted by molar-refractivity contribution is -0.143. The van der Waals surface area contributed by atoms with E-state index in [9.17, 15) is 9.90 Å². The van der Waals surface area contributed by atoms with E-state index in [0.29, 0.717) is 18.1 Å². The fourth-order valence-corrected chi connectivity index (χ4v) is 1.06. The van der Waals surface area contributed by atoms with Crippen LogP contribution in [-0.2, 0) is 16.0 Å². The monoisotopic (exact) mass is 207 g/mol. The molecule has 3 heteroatoms. The molecule has 1 aromatic rings. The van der Waals surface area contributed by atoms with E-state index in [-0.39, 0.29) is 18.1 Å². The maximum atomic E-state index is 11.3. The molecule has 0 fully saturated rings. The lowest BCUT2D eigenvalue weighted by Crippen LogP contribution is -2.12. The van der Waals surface area contributed by atoms with Gasteiger partial charge in [-0.3, -0.25) is 4.79 Å². The molecule has 1 rings (SSSR count). The van der Waals surface area contributed by atoms with Gasteiger partial charge in [0.15, 0.2) is 0 Å². The minimum Gasteiger partial charge on any atom is -0.508 e. The highest BCUT2D eigenvalue weighted by atomic mass is 16.5. The Labute approximate surface area is 89.7 Å². The number of esters is 1. The molecule has 0 saturated heterocycles. The summed E-state index contributed by atoms with van der Waals surface area (Å²) in [6.45, 7) is 4.36. The number of hydrogen-bond acceptors (Lipinski definition) is 3. The van der Waals surface area contributed by atoms with Crippen LogP contribution in [0.1, 0.15) is 19.4 Å². The molecular formula is C12H15O3. The van der Waals surface area contributed by atoms with E-state index in [1.165, 1.54) is 6.07 Å². The minimum absolute atomic E-state index is 0.0931. The number of aromatic hydroxyl groups is 1. The largest absolute Gasteiger partial charge is 0.508 e. The lowest BCUT2D eigenvalue weighted by atomic mass is 10.1. The molecule has 0 bridgehead atoms. The van der Waals surface area contributed by atoms with Crippen LogP contribution in [0.3, 0.4) is 0 Å². The third kappa shape index (κ3) is 4.02. The summed E-state index contributed by atoms with van der Waals surface area (Å²) in [6.07, 6.45) is 0.0931. The van der Waals surface area contributed by atoms with Crippen molar-refractivity contribution in [2.24, 2.45) is 5.92 Å². The Morgan fingerprint density at radius 2 is 2.33 bits per heavy atom. The van der Waals surface area contributed by atoms with Gasteiger partial charge in [0, 0.05) is 5.56 Å². The Morgan fingerprint density at radius 1 is 1.60 bits per heavy atom. The molecule has 0 spiro atoms. The topological polar surface area (TPSA) is 46.5 Å². The lowest BCUT2D eigenvalue weighted by Gasteiger charge is -2.07. The Hall–Kier alpha value is -1.51. The van der Waals surface area contributed by atoms with Gasteiger partial charge in [-0.25, -0.2) is 0 Å². The van der Waals surface area contributed by atoms with Gasteiger partial charge in [0.1, 0.15) is 5.75 Å². The van der Waals surface area contributed by atoms with Crippen LogP contribution in [0.2, 0.25) is 0 Å². The third-order valence-corrected chi connectivity index (χ3v) is 1.84. The quantitative estimate of drug-likeness (QED) is 0.767. The van der Waals surface area contributed by atoms with Gasteiger partial charge >= 0.3 is 5.97 Å². The second kappa shape index (κ2) is 5.39. The number of ether oxygens (including phenoxy) is 1. The highest BCUT2D eigenvalue weighted by Gasteiger charge is 2.08. The van der Waals surface area contributed by atoms with Crippen LogP contribution in [0.15, 0.2) is 18.2 Å². The average Bonchev–Trinajstić information content (AvgIpc) is 2.18. The molecule has 0 saturated carbocycles. The van der Waals surface area contributed by atoms with Crippen molar-refractivity contribution in [1.29, 1.82) is 0 Å². The van der Waals surface area contributed by atoms with Crippen molar-refractivity contribution in [2.45, 2.75) is 20.3 Å². The van der Waals surface area contributed by atoms with Crippen LogP contribution in [0.5, 0.6) is 5.75 Å². The highest BCUT2D eigenvalue weighted by Crippen LogP contribution is 2.16. The van der Waals surface area contributed by atoms with E-state index in [1.807, 2.05) is 13.8 Å². The molecule has 1 aromatic carbocycles. The van der Waals surface area contributed by atoms with Gasteiger partial charge in [-0.1, -0.05) is 19.9 Å². The van der Waals surface area contributed by atoms with Crippen LogP contribution < -0.4 is 0 Å². The summed E-state index contributed by atoms with van der Waals surface area (Å²) in [6, 6.07) is 7.49. The van der Waals surface area contributed by atoms with E-state index in [1.54, 1.807) is 12.1 Å². The maximum absolute atomic E-state index is 11.3. The first-order chi connectivity index (χ1) is 7.09. The van der Waals surface area contributed by atoms with Gasteiger partial charge in [-0.2, -0.15) is 0 Å². The van der Waals surface area contributed by atoms with Crippen LogP contribution in [0.4, 0.5) is 0 Å². The van der Waals surface area contributed by atoms with Crippen molar-refractivity contribution < 1.29 is 14.6 Å². The smallest absolute Gasteiger partial charge is 0.310 e. The minimum atomic E-state index is -0.321. The highest BCUT2D eigenvalue weighted by molar-refractivity contribution is 5.73. The Bertz CT molecular complexity index is 331. The molecule has 0 aromatic heterocycles. The van der Waals surface area contributed by atoms with Gasteiger partial charge in [0.05, 0.1) is 13.0 Å². The van der Waals surface area contributed by atoms with Gasteiger partial charge in [0.25, 0.3) is 0 Å². The molecule has 0 amide bonds. The second-order valence-electron chi connectivity index (χ2n) is 3.81. The molecule has 0 atom stereocenters. The average molecular weight is 207 g/mol. The zero-order valence-corrected chi connectivity index (χ0v) is 8.99. The molecule has 0 aliphatic heterocycles. The van der Waals surface area contributed by atoms with Gasteiger partial charge in [-0.15, -0.1) is 0 Å². The van der Waals surface area contributed by atoms with E-state index in [2.05, 4.69) is 6.07 Å². The molecule has 0 aliphatic rings. The molecule has 0 unspecified atom stereocenters.